The summed E-state index contributed by atoms with van der Waals surface area (Å²) < 4.78 is 19.3. The molecule has 7 aliphatic rings. The molecule has 3 aliphatic heterocycles. The lowest BCUT2D eigenvalue weighted by molar-refractivity contribution is -0.152. The largest absolute Gasteiger partial charge is 0.454 e. The van der Waals surface area contributed by atoms with Crippen molar-refractivity contribution in [1.82, 2.24) is 14.7 Å². The standard InChI is InChI=1S/C42H67N3O4/c1-9-44-26(3)39(33-23-30(47-7)19-21-37(33)44)35(40-27(4)45(10-2)38-22-20-31(48-8)24-34(38)40)25-42(28-15-17-29(18-16-28)43(5)6)36-14-12-11-13-32(36)41(46)49-42/h25,28-34,36-38H,9-24H2,1-8H3. The summed E-state index contributed by atoms with van der Waals surface area (Å²) in [5.74, 6) is 1.58. The Morgan fingerprint density at radius 2 is 1.31 bits per heavy atom. The minimum absolute atomic E-state index is 0.0370. The summed E-state index contributed by atoms with van der Waals surface area (Å²) in [5.41, 5.74) is 6.86. The maximum atomic E-state index is 14.1. The Morgan fingerprint density at radius 3 is 1.80 bits per heavy atom. The number of methoxy groups -OCH3 is 2. The van der Waals surface area contributed by atoms with Crippen LogP contribution in [0.1, 0.15) is 118 Å². The number of nitrogens with zero attached hydrogens (tertiary/aromatic N) is 3. The van der Waals surface area contributed by atoms with E-state index in [1.54, 1.807) is 0 Å². The topological polar surface area (TPSA) is 54.5 Å². The van der Waals surface area contributed by atoms with Gasteiger partial charge in [-0.25, -0.2) is 0 Å². The van der Waals surface area contributed by atoms with Gasteiger partial charge in [0.25, 0.3) is 0 Å². The van der Waals surface area contributed by atoms with E-state index >= 15 is 0 Å². The predicted molar refractivity (Wildman–Crippen MR) is 196 cm³/mol. The summed E-state index contributed by atoms with van der Waals surface area (Å²) in [5, 5.41) is 0. The van der Waals surface area contributed by atoms with Gasteiger partial charge in [0.2, 0.25) is 0 Å². The molecule has 0 amide bonds. The molecule has 0 bridgehead atoms. The number of hydrogen-bond acceptors (Lipinski definition) is 7. The van der Waals surface area contributed by atoms with Crippen molar-refractivity contribution in [3.8, 4) is 0 Å². The van der Waals surface area contributed by atoms with Crippen LogP contribution in [0.2, 0.25) is 0 Å². The second kappa shape index (κ2) is 14.3. The van der Waals surface area contributed by atoms with Crippen LogP contribution in [0.15, 0.2) is 34.2 Å². The van der Waals surface area contributed by atoms with E-state index in [-0.39, 0.29) is 30.0 Å². The molecule has 7 rings (SSSR count). The molecule has 1 saturated heterocycles. The van der Waals surface area contributed by atoms with E-state index in [4.69, 9.17) is 14.2 Å². The highest BCUT2D eigenvalue weighted by Gasteiger charge is 2.60. The fourth-order valence-electron chi connectivity index (χ4n) is 12.6. The van der Waals surface area contributed by atoms with Gasteiger partial charge in [-0.15, -0.1) is 0 Å². The van der Waals surface area contributed by atoms with E-state index < -0.39 is 5.60 Å². The SMILES string of the molecule is CCN1C(C)=C(C(=CC2(C3CCC(N(C)C)CC3)OC(=O)C3CCCCC32)C2=C(C)N(CC)C3CCC(OC)CC23)C2CC(OC)CCC21. The molecule has 0 N–H and O–H groups in total. The molecule has 9 atom stereocenters. The van der Waals surface area contributed by atoms with Crippen molar-refractivity contribution < 1.29 is 19.0 Å². The van der Waals surface area contributed by atoms with E-state index in [1.165, 1.54) is 60.2 Å². The minimum Gasteiger partial charge on any atom is -0.454 e. The summed E-state index contributed by atoms with van der Waals surface area (Å²) in [6.45, 7) is 11.5. The molecule has 4 saturated carbocycles. The Hall–Kier alpha value is -1.83. The Kier molecular flexibility index (Phi) is 10.4. The Morgan fingerprint density at radius 1 is 0.776 bits per heavy atom. The van der Waals surface area contributed by atoms with Gasteiger partial charge >= 0.3 is 5.97 Å². The molecule has 4 aliphatic carbocycles. The molecule has 49 heavy (non-hydrogen) atoms. The van der Waals surface area contributed by atoms with Gasteiger partial charge in [-0.05, 0) is 142 Å². The van der Waals surface area contributed by atoms with Crippen molar-refractivity contribution in [2.75, 3.05) is 41.4 Å². The lowest BCUT2D eigenvalue weighted by Crippen LogP contribution is -2.47. The van der Waals surface area contributed by atoms with Crippen LogP contribution >= 0.6 is 0 Å². The number of hydrogen-bond donors (Lipinski definition) is 0. The van der Waals surface area contributed by atoms with Gasteiger partial charge in [-0.3, -0.25) is 4.79 Å². The van der Waals surface area contributed by atoms with E-state index in [0.29, 0.717) is 35.9 Å². The summed E-state index contributed by atoms with van der Waals surface area (Å²) in [6, 6.07) is 1.62. The summed E-state index contributed by atoms with van der Waals surface area (Å²) in [6.07, 6.45) is 19.0. The maximum absolute atomic E-state index is 14.1. The zero-order valence-corrected chi connectivity index (χ0v) is 32.1. The van der Waals surface area contributed by atoms with Crippen molar-refractivity contribution in [3.05, 3.63) is 34.2 Å². The lowest BCUT2D eigenvalue weighted by Gasteiger charge is -2.45. The number of ether oxygens (including phenoxy) is 3. The van der Waals surface area contributed by atoms with Crippen LogP contribution in [0.5, 0.6) is 0 Å². The summed E-state index contributed by atoms with van der Waals surface area (Å²) >= 11 is 0. The van der Waals surface area contributed by atoms with Gasteiger partial charge < -0.3 is 28.9 Å². The fraction of sp³-hybridized carbons (Fsp3) is 0.833. The number of fused-ring (bicyclic) bond motifs is 3. The van der Waals surface area contributed by atoms with Crippen molar-refractivity contribution in [2.24, 2.45) is 29.6 Å². The highest BCUT2D eigenvalue weighted by molar-refractivity contribution is 5.77. The molecule has 9 unspecified atom stereocenters. The van der Waals surface area contributed by atoms with Crippen LogP contribution in [0.3, 0.4) is 0 Å². The molecule has 7 heteroatoms. The molecule has 3 heterocycles. The normalized spacial score (nSPS) is 40.9. The van der Waals surface area contributed by atoms with Gasteiger partial charge in [0.1, 0.15) is 5.60 Å². The average Bonchev–Trinajstić information content (AvgIpc) is 3.69. The number of esters is 1. The predicted octanol–water partition coefficient (Wildman–Crippen LogP) is 7.72. The second-order valence-corrected chi connectivity index (χ2v) is 17.1. The fourth-order valence-corrected chi connectivity index (χ4v) is 12.6. The molecule has 0 aromatic carbocycles. The summed E-state index contributed by atoms with van der Waals surface area (Å²) in [4.78, 5) is 21.9. The first-order chi connectivity index (χ1) is 23.7. The van der Waals surface area contributed by atoms with E-state index in [9.17, 15) is 4.79 Å². The molecule has 5 fully saturated rings. The third kappa shape index (κ3) is 5.94. The van der Waals surface area contributed by atoms with Crippen LogP contribution < -0.4 is 0 Å². The van der Waals surface area contributed by atoms with Crippen LogP contribution in [0.25, 0.3) is 0 Å². The van der Waals surface area contributed by atoms with Crippen LogP contribution in [-0.2, 0) is 19.0 Å². The van der Waals surface area contributed by atoms with Gasteiger partial charge in [0.15, 0.2) is 0 Å². The van der Waals surface area contributed by atoms with Crippen molar-refractivity contribution in [3.63, 3.8) is 0 Å². The van der Waals surface area contributed by atoms with Gasteiger partial charge in [0, 0.05) is 80.5 Å². The first-order valence-electron chi connectivity index (χ1n) is 20.3. The maximum Gasteiger partial charge on any atom is 0.310 e. The number of allylic oxidation sites excluding steroid dienone is 3. The molecule has 274 valence electrons. The van der Waals surface area contributed by atoms with Gasteiger partial charge in [-0.1, -0.05) is 12.8 Å². The quantitative estimate of drug-likeness (QED) is 0.232. The Balaban J connectivity index is 1.44. The molecule has 0 radical (unpaired) electrons. The first kappa shape index (κ1) is 35.6. The third-order valence-corrected chi connectivity index (χ3v) is 15.0. The monoisotopic (exact) mass is 678 g/mol. The Labute approximate surface area is 297 Å². The highest BCUT2D eigenvalue weighted by atomic mass is 16.6. The van der Waals surface area contributed by atoms with Gasteiger partial charge in [0.05, 0.1) is 18.1 Å². The van der Waals surface area contributed by atoms with Crippen LogP contribution in [0, 0.1) is 29.6 Å². The number of cyclic esters (lactones) is 1. The number of rotatable bonds is 9. The zero-order chi connectivity index (χ0) is 34.6. The minimum atomic E-state index is -0.551. The van der Waals surface area contributed by atoms with Crippen molar-refractivity contribution in [2.45, 2.75) is 154 Å². The molecule has 0 spiro atoms. The number of carbonyl (C=O) groups excluding carboxylic acids is 1. The summed E-state index contributed by atoms with van der Waals surface area (Å²) in [7, 11) is 8.28. The van der Waals surface area contributed by atoms with E-state index in [0.717, 1.165) is 70.9 Å². The van der Waals surface area contributed by atoms with Gasteiger partial charge in [-0.2, -0.15) is 0 Å². The van der Waals surface area contributed by atoms with Crippen LogP contribution in [-0.4, -0.2) is 98.0 Å². The highest BCUT2D eigenvalue weighted by Crippen LogP contribution is 2.58. The number of carbonyl (C=O) groups is 1. The molecular weight excluding hydrogens is 610 g/mol. The smallest absolute Gasteiger partial charge is 0.310 e. The molecule has 0 aromatic rings. The van der Waals surface area contributed by atoms with E-state index in [2.05, 4.69) is 62.6 Å². The van der Waals surface area contributed by atoms with Crippen molar-refractivity contribution in [1.29, 1.82) is 0 Å². The lowest BCUT2D eigenvalue weighted by atomic mass is 9.62. The van der Waals surface area contributed by atoms with Crippen LogP contribution in [0.4, 0.5) is 0 Å². The third-order valence-electron chi connectivity index (χ3n) is 15.0. The molecule has 0 aromatic heterocycles. The first-order valence-corrected chi connectivity index (χ1v) is 20.3. The Bertz CT molecular complexity index is 1270. The van der Waals surface area contributed by atoms with E-state index in [1.807, 2.05) is 14.2 Å². The average molecular weight is 678 g/mol. The molecular formula is C42H67N3O4. The molecule has 7 nitrogen and oxygen atoms in total. The van der Waals surface area contributed by atoms with Crippen molar-refractivity contribution >= 4 is 5.97 Å². The second-order valence-electron chi connectivity index (χ2n) is 17.1. The zero-order valence-electron chi connectivity index (χ0n) is 32.1.